The Kier molecular flexibility index (Phi) is 30.5. The summed E-state index contributed by atoms with van der Waals surface area (Å²) in [6, 6.07) is 0. The van der Waals surface area contributed by atoms with Crippen molar-refractivity contribution in [2.24, 2.45) is 0 Å². The SMILES string of the molecule is CCCCCCCCCCCCCCCCCCCc1n(CCC)cc[n+]1CCCCCCCCCCCCCCCC. The van der Waals surface area contributed by atoms with Crippen LogP contribution in [0.4, 0.5) is 0 Å². The van der Waals surface area contributed by atoms with Crippen LogP contribution in [0.1, 0.15) is 232 Å². The summed E-state index contributed by atoms with van der Waals surface area (Å²) in [5.41, 5.74) is 0. The van der Waals surface area contributed by atoms with E-state index >= 15 is 0 Å². The molecular formula is C41H81N2+. The molecule has 0 spiro atoms. The molecule has 2 nitrogen and oxygen atoms in total. The van der Waals surface area contributed by atoms with Gasteiger partial charge < -0.3 is 0 Å². The summed E-state index contributed by atoms with van der Waals surface area (Å²) >= 11 is 0. The van der Waals surface area contributed by atoms with E-state index < -0.39 is 0 Å². The molecule has 0 fully saturated rings. The fourth-order valence-corrected chi connectivity index (χ4v) is 6.92. The number of hydrogen-bond donors (Lipinski definition) is 0. The third kappa shape index (κ3) is 25.1. The zero-order valence-electron chi connectivity index (χ0n) is 30.3. The number of unbranched alkanes of at least 4 members (excludes halogenated alkanes) is 29. The van der Waals surface area contributed by atoms with Crippen molar-refractivity contribution in [1.82, 2.24) is 4.57 Å². The summed E-state index contributed by atoms with van der Waals surface area (Å²) in [5, 5.41) is 0. The summed E-state index contributed by atoms with van der Waals surface area (Å²) < 4.78 is 5.15. The Morgan fingerprint density at radius 2 is 0.721 bits per heavy atom. The van der Waals surface area contributed by atoms with Crippen molar-refractivity contribution in [2.45, 2.75) is 246 Å². The van der Waals surface area contributed by atoms with Crippen LogP contribution in [0.15, 0.2) is 12.4 Å². The highest BCUT2D eigenvalue weighted by atomic mass is 15.1. The fourth-order valence-electron chi connectivity index (χ4n) is 6.92. The van der Waals surface area contributed by atoms with E-state index in [0.29, 0.717) is 0 Å². The average Bonchev–Trinajstić information content (AvgIpc) is 3.39. The van der Waals surface area contributed by atoms with Gasteiger partial charge in [-0.15, -0.1) is 0 Å². The first-order valence-electron chi connectivity index (χ1n) is 20.4. The van der Waals surface area contributed by atoms with Crippen LogP contribution >= 0.6 is 0 Å². The van der Waals surface area contributed by atoms with Gasteiger partial charge in [0.2, 0.25) is 0 Å². The number of hydrogen-bond acceptors (Lipinski definition) is 0. The van der Waals surface area contributed by atoms with Gasteiger partial charge in [-0.3, -0.25) is 0 Å². The van der Waals surface area contributed by atoms with Gasteiger partial charge in [-0.1, -0.05) is 201 Å². The van der Waals surface area contributed by atoms with Crippen molar-refractivity contribution in [3.63, 3.8) is 0 Å². The zero-order chi connectivity index (χ0) is 30.9. The standard InChI is InChI=1S/C41H81N2/c1-4-7-9-11-13-15-17-19-21-22-23-24-26-28-30-32-34-36-41-42(37-6-3)39-40-43(41)38-35-33-31-29-27-25-20-18-16-14-12-10-8-5-2/h39-40H,4-38H2,1-3H3/q+1. The zero-order valence-corrected chi connectivity index (χ0v) is 30.3. The lowest BCUT2D eigenvalue weighted by molar-refractivity contribution is -0.704. The van der Waals surface area contributed by atoms with Crippen molar-refractivity contribution >= 4 is 0 Å². The predicted octanol–water partition coefficient (Wildman–Crippen LogP) is 13.9. The Morgan fingerprint density at radius 3 is 1.07 bits per heavy atom. The summed E-state index contributed by atoms with van der Waals surface area (Å²) in [6.45, 7) is 9.34. The molecule has 0 aromatic carbocycles. The van der Waals surface area contributed by atoms with E-state index in [-0.39, 0.29) is 0 Å². The topological polar surface area (TPSA) is 8.81 Å². The van der Waals surface area contributed by atoms with Gasteiger partial charge in [0, 0.05) is 6.42 Å². The highest BCUT2D eigenvalue weighted by Gasteiger charge is 2.15. The number of aromatic nitrogens is 2. The molecule has 2 heteroatoms. The molecule has 0 unspecified atom stereocenters. The third-order valence-electron chi connectivity index (χ3n) is 9.81. The van der Waals surface area contributed by atoms with Gasteiger partial charge in [0.15, 0.2) is 0 Å². The van der Waals surface area contributed by atoms with Crippen LogP contribution in [0, 0.1) is 0 Å². The maximum absolute atomic E-state index is 2.60. The van der Waals surface area contributed by atoms with Crippen molar-refractivity contribution in [3.8, 4) is 0 Å². The maximum Gasteiger partial charge on any atom is 0.256 e. The summed E-state index contributed by atoms with van der Waals surface area (Å²) in [4.78, 5) is 0. The van der Waals surface area contributed by atoms with Gasteiger partial charge in [0.25, 0.3) is 5.82 Å². The quantitative estimate of drug-likeness (QED) is 0.0540. The number of rotatable bonds is 35. The van der Waals surface area contributed by atoms with E-state index in [1.165, 1.54) is 225 Å². The van der Waals surface area contributed by atoms with Crippen LogP contribution in [-0.2, 0) is 19.5 Å². The molecule has 1 aromatic rings. The van der Waals surface area contributed by atoms with E-state index in [9.17, 15) is 0 Å². The number of aryl methyl sites for hydroxylation is 2. The van der Waals surface area contributed by atoms with Crippen LogP contribution in [0.5, 0.6) is 0 Å². The lowest BCUT2D eigenvalue weighted by atomic mass is 10.0. The Morgan fingerprint density at radius 1 is 0.395 bits per heavy atom. The Balaban J connectivity index is 2.00. The van der Waals surface area contributed by atoms with Crippen LogP contribution < -0.4 is 4.57 Å². The molecule has 0 aliphatic carbocycles. The third-order valence-corrected chi connectivity index (χ3v) is 9.81. The molecule has 0 bridgehead atoms. The minimum atomic E-state index is 1.18. The first-order chi connectivity index (χ1) is 21.3. The first-order valence-corrected chi connectivity index (χ1v) is 20.4. The molecule has 0 aliphatic rings. The molecule has 0 saturated heterocycles. The second kappa shape index (κ2) is 32.6. The van der Waals surface area contributed by atoms with E-state index in [2.05, 4.69) is 42.3 Å². The normalized spacial score (nSPS) is 11.6. The van der Waals surface area contributed by atoms with E-state index in [1.54, 1.807) is 5.82 Å². The van der Waals surface area contributed by atoms with Crippen molar-refractivity contribution in [1.29, 1.82) is 0 Å². The smallest absolute Gasteiger partial charge is 0.234 e. The first kappa shape index (κ1) is 40.2. The van der Waals surface area contributed by atoms with Crippen molar-refractivity contribution in [3.05, 3.63) is 18.2 Å². The summed E-state index contributed by atoms with van der Waals surface area (Å²) in [5.74, 6) is 1.59. The van der Waals surface area contributed by atoms with Crippen LogP contribution in [0.2, 0.25) is 0 Å². The lowest BCUT2D eigenvalue weighted by Gasteiger charge is -2.06. The molecule has 43 heavy (non-hydrogen) atoms. The molecule has 1 heterocycles. The molecule has 254 valence electrons. The van der Waals surface area contributed by atoms with Crippen LogP contribution in [-0.4, -0.2) is 4.57 Å². The Hall–Kier alpha value is -0.790. The number of nitrogens with zero attached hydrogens (tertiary/aromatic N) is 2. The minimum Gasteiger partial charge on any atom is -0.234 e. The molecule has 0 aliphatic heterocycles. The van der Waals surface area contributed by atoms with Gasteiger partial charge in [0.1, 0.15) is 12.4 Å². The fraction of sp³-hybridized carbons (Fsp3) is 0.927. The van der Waals surface area contributed by atoms with Gasteiger partial charge in [-0.05, 0) is 25.7 Å². The van der Waals surface area contributed by atoms with Crippen LogP contribution in [0.25, 0.3) is 0 Å². The van der Waals surface area contributed by atoms with E-state index in [0.717, 1.165) is 0 Å². The summed E-state index contributed by atoms with van der Waals surface area (Å²) in [6.07, 6.45) is 52.1. The highest BCUT2D eigenvalue weighted by molar-refractivity contribution is 4.84. The van der Waals surface area contributed by atoms with Gasteiger partial charge >= 0.3 is 0 Å². The molecule has 1 aromatic heterocycles. The second-order valence-electron chi connectivity index (χ2n) is 14.1. The monoisotopic (exact) mass is 602 g/mol. The minimum absolute atomic E-state index is 1.18. The molecule has 0 atom stereocenters. The van der Waals surface area contributed by atoms with Gasteiger partial charge in [0.05, 0.1) is 13.1 Å². The van der Waals surface area contributed by atoms with Gasteiger partial charge in [-0.25, -0.2) is 9.13 Å². The lowest BCUT2D eigenvalue weighted by Crippen LogP contribution is -2.37. The Labute approximate surface area is 272 Å². The molecular weight excluding hydrogens is 520 g/mol. The number of imidazole rings is 1. The predicted molar refractivity (Wildman–Crippen MR) is 193 cm³/mol. The van der Waals surface area contributed by atoms with Crippen LogP contribution in [0.3, 0.4) is 0 Å². The molecule has 0 N–H and O–H groups in total. The maximum atomic E-state index is 2.60. The van der Waals surface area contributed by atoms with Gasteiger partial charge in [-0.2, -0.15) is 0 Å². The second-order valence-corrected chi connectivity index (χ2v) is 14.1. The average molecular weight is 602 g/mol. The molecule has 0 saturated carbocycles. The van der Waals surface area contributed by atoms with Crippen molar-refractivity contribution in [2.75, 3.05) is 0 Å². The molecule has 0 amide bonds. The highest BCUT2D eigenvalue weighted by Crippen LogP contribution is 2.16. The van der Waals surface area contributed by atoms with E-state index in [1.807, 2.05) is 0 Å². The molecule has 1 rings (SSSR count). The Bertz CT molecular complexity index is 663. The molecule has 0 radical (unpaired) electrons. The largest absolute Gasteiger partial charge is 0.256 e. The van der Waals surface area contributed by atoms with E-state index in [4.69, 9.17) is 0 Å². The summed E-state index contributed by atoms with van der Waals surface area (Å²) in [7, 11) is 0. The van der Waals surface area contributed by atoms with Crippen molar-refractivity contribution < 1.29 is 4.57 Å².